The van der Waals surface area contributed by atoms with E-state index in [1.165, 1.54) is 69.5 Å². The Bertz CT molecular complexity index is 963. The first-order valence-electron chi connectivity index (χ1n) is 14.8. The van der Waals surface area contributed by atoms with Crippen LogP contribution >= 0.6 is 11.8 Å². The number of hydrogen-bond donors (Lipinski definition) is 3. The molecule has 2 aromatic carbocycles. The third-order valence-electron chi connectivity index (χ3n) is 6.22. The number of hydrazine groups is 1. The lowest BCUT2D eigenvalue weighted by atomic mass is 10.1. The number of aliphatic imine (C=N–C) groups is 1. The summed E-state index contributed by atoms with van der Waals surface area (Å²) in [4.78, 5) is 15.9. The van der Waals surface area contributed by atoms with Crippen molar-refractivity contribution in [1.29, 1.82) is 0 Å². The molecule has 8 heteroatoms. The van der Waals surface area contributed by atoms with Crippen molar-refractivity contribution in [3.63, 3.8) is 0 Å². The van der Waals surface area contributed by atoms with Gasteiger partial charge in [-0.3, -0.25) is 9.79 Å². The standard InChI is InChI=1S/C25H35N3O4S.C7H16/c1-3-4-5-6-7-8-15-31-23-17-22(33-25(27-2)28-26)14-11-20(23)18-32-21-12-9-19(10-13-21)16-24(29)30;1-3-5-7-6-4-2/h9-14,17H,3-8,15-16,18,26H2,1-2H3,(H,27,28)(H,29,30);3-7H2,1-2H3. The van der Waals surface area contributed by atoms with Crippen molar-refractivity contribution in [3.8, 4) is 11.5 Å². The lowest BCUT2D eigenvalue weighted by Crippen LogP contribution is -2.27. The van der Waals surface area contributed by atoms with Crippen LogP contribution in [-0.4, -0.2) is 29.9 Å². The van der Waals surface area contributed by atoms with Crippen LogP contribution in [0.25, 0.3) is 0 Å². The van der Waals surface area contributed by atoms with E-state index in [1.807, 2.05) is 18.2 Å². The molecule has 40 heavy (non-hydrogen) atoms. The first kappa shape index (κ1) is 35.3. The Morgan fingerprint density at radius 2 is 1.48 bits per heavy atom. The van der Waals surface area contributed by atoms with Crippen LogP contribution < -0.4 is 20.7 Å². The number of nitrogens with zero attached hydrogens (tertiary/aromatic N) is 1. The van der Waals surface area contributed by atoms with Crippen molar-refractivity contribution in [2.45, 2.75) is 109 Å². The highest BCUT2D eigenvalue weighted by atomic mass is 32.2. The van der Waals surface area contributed by atoms with E-state index in [9.17, 15) is 4.79 Å². The Labute approximate surface area is 246 Å². The summed E-state index contributed by atoms with van der Waals surface area (Å²) in [7, 11) is 1.68. The molecular formula is C32H51N3O4S. The van der Waals surface area contributed by atoms with Gasteiger partial charge in [-0.25, -0.2) is 5.84 Å². The van der Waals surface area contributed by atoms with Crippen molar-refractivity contribution in [3.05, 3.63) is 53.6 Å². The van der Waals surface area contributed by atoms with E-state index in [0.29, 0.717) is 24.1 Å². The highest BCUT2D eigenvalue weighted by molar-refractivity contribution is 8.13. The Kier molecular flexibility index (Phi) is 20.3. The molecule has 7 nitrogen and oxygen atoms in total. The van der Waals surface area contributed by atoms with Crippen LogP contribution in [0.3, 0.4) is 0 Å². The number of unbranched alkanes of at least 4 members (excludes halogenated alkanes) is 9. The van der Waals surface area contributed by atoms with Gasteiger partial charge >= 0.3 is 5.97 Å². The number of carbonyl (C=O) groups is 1. The van der Waals surface area contributed by atoms with Crippen molar-refractivity contribution in [1.82, 2.24) is 5.43 Å². The number of nitrogens with one attached hydrogen (secondary N) is 1. The van der Waals surface area contributed by atoms with Crippen LogP contribution in [0.1, 0.15) is 103 Å². The fourth-order valence-corrected chi connectivity index (χ4v) is 4.56. The molecule has 0 aliphatic carbocycles. The lowest BCUT2D eigenvalue weighted by Gasteiger charge is -2.15. The maximum atomic E-state index is 10.8. The number of hydrogen-bond acceptors (Lipinski definition) is 6. The van der Waals surface area contributed by atoms with Gasteiger partial charge in [-0.15, -0.1) is 0 Å². The molecule has 2 rings (SSSR count). The number of aliphatic carboxylic acids is 1. The van der Waals surface area contributed by atoms with Crippen LogP contribution in [0.2, 0.25) is 0 Å². The first-order valence-corrected chi connectivity index (χ1v) is 15.6. The third-order valence-corrected chi connectivity index (χ3v) is 7.20. The monoisotopic (exact) mass is 573 g/mol. The second-order valence-electron chi connectivity index (χ2n) is 9.72. The maximum Gasteiger partial charge on any atom is 0.307 e. The van der Waals surface area contributed by atoms with Gasteiger partial charge < -0.3 is 20.0 Å². The summed E-state index contributed by atoms with van der Waals surface area (Å²) in [5.74, 6) is 6.12. The SMILES string of the molecule is CCCCCCC.CCCCCCCCOc1cc(SC(=NC)NN)ccc1COc1ccc(CC(=O)O)cc1. The van der Waals surface area contributed by atoms with Gasteiger partial charge in [-0.1, -0.05) is 115 Å². The number of nitrogens with two attached hydrogens (primary N) is 1. The number of benzene rings is 2. The smallest absolute Gasteiger partial charge is 0.307 e. The number of thioether (sulfide) groups is 1. The van der Waals surface area contributed by atoms with Gasteiger partial charge in [0.25, 0.3) is 0 Å². The third kappa shape index (κ3) is 16.4. The van der Waals surface area contributed by atoms with Gasteiger partial charge in [0, 0.05) is 17.5 Å². The zero-order chi connectivity index (χ0) is 29.4. The second-order valence-corrected chi connectivity index (χ2v) is 10.8. The number of carboxylic acids is 1. The highest BCUT2D eigenvalue weighted by Crippen LogP contribution is 2.29. The predicted molar refractivity (Wildman–Crippen MR) is 168 cm³/mol. The normalized spacial score (nSPS) is 11.0. The quantitative estimate of drug-likeness (QED) is 0.0412. The van der Waals surface area contributed by atoms with Gasteiger partial charge in [-0.2, -0.15) is 0 Å². The minimum absolute atomic E-state index is 0.00342. The molecule has 0 atom stereocenters. The summed E-state index contributed by atoms with van der Waals surface area (Å²) in [5.41, 5.74) is 4.26. The minimum atomic E-state index is -0.852. The number of ether oxygens (including phenoxy) is 2. The molecule has 0 bridgehead atoms. The van der Waals surface area contributed by atoms with E-state index in [0.717, 1.165) is 34.6 Å². The van der Waals surface area contributed by atoms with Gasteiger partial charge in [0.1, 0.15) is 18.1 Å². The molecule has 0 fully saturated rings. The summed E-state index contributed by atoms with van der Waals surface area (Å²) in [6, 6.07) is 13.1. The lowest BCUT2D eigenvalue weighted by molar-refractivity contribution is -0.136. The van der Waals surface area contributed by atoms with Crippen LogP contribution in [0.5, 0.6) is 11.5 Å². The molecule has 0 aromatic heterocycles. The largest absolute Gasteiger partial charge is 0.493 e. The van der Waals surface area contributed by atoms with Gasteiger partial charge in [0.2, 0.25) is 0 Å². The molecular weight excluding hydrogens is 522 g/mol. The molecule has 0 unspecified atom stereocenters. The molecule has 2 aromatic rings. The number of carboxylic acid groups (broad SMARTS) is 1. The average molecular weight is 574 g/mol. The zero-order valence-corrected chi connectivity index (χ0v) is 25.9. The van der Waals surface area contributed by atoms with E-state index in [2.05, 4.69) is 31.2 Å². The molecule has 0 aliphatic rings. The van der Waals surface area contributed by atoms with E-state index >= 15 is 0 Å². The molecule has 0 amide bonds. The summed E-state index contributed by atoms with van der Waals surface area (Å²) >= 11 is 1.43. The second kappa shape index (κ2) is 23.0. The molecule has 224 valence electrons. The van der Waals surface area contributed by atoms with Gasteiger partial charge in [0.15, 0.2) is 5.17 Å². The highest BCUT2D eigenvalue weighted by Gasteiger charge is 2.10. The molecule has 0 spiro atoms. The van der Waals surface area contributed by atoms with Crippen molar-refractivity contribution >= 4 is 22.9 Å². The van der Waals surface area contributed by atoms with Gasteiger partial charge in [-0.05, 0) is 36.2 Å². The number of rotatable bonds is 18. The Balaban J connectivity index is 0.00000101. The van der Waals surface area contributed by atoms with Crippen LogP contribution in [0.4, 0.5) is 0 Å². The Morgan fingerprint density at radius 1 is 0.875 bits per heavy atom. The summed E-state index contributed by atoms with van der Waals surface area (Å²) in [5, 5.41) is 9.52. The van der Waals surface area contributed by atoms with Crippen LogP contribution in [0.15, 0.2) is 52.4 Å². The topological polar surface area (TPSA) is 106 Å². The van der Waals surface area contributed by atoms with Crippen LogP contribution in [-0.2, 0) is 17.8 Å². The molecule has 0 saturated carbocycles. The summed E-state index contributed by atoms with van der Waals surface area (Å²) in [6.45, 7) is 7.71. The molecule has 0 radical (unpaired) electrons. The van der Waals surface area contributed by atoms with E-state index in [-0.39, 0.29) is 6.42 Å². The molecule has 0 aliphatic heterocycles. The summed E-state index contributed by atoms with van der Waals surface area (Å²) in [6.07, 6.45) is 14.2. The van der Waals surface area contributed by atoms with E-state index < -0.39 is 5.97 Å². The van der Waals surface area contributed by atoms with E-state index in [4.69, 9.17) is 20.4 Å². The maximum absolute atomic E-state index is 10.8. The summed E-state index contributed by atoms with van der Waals surface area (Å²) < 4.78 is 12.1. The Hall–Kier alpha value is -2.71. The van der Waals surface area contributed by atoms with Crippen molar-refractivity contribution in [2.75, 3.05) is 13.7 Å². The molecule has 4 N–H and O–H groups in total. The van der Waals surface area contributed by atoms with Crippen molar-refractivity contribution < 1.29 is 19.4 Å². The minimum Gasteiger partial charge on any atom is -0.493 e. The van der Waals surface area contributed by atoms with Crippen LogP contribution in [0, 0.1) is 0 Å². The van der Waals surface area contributed by atoms with Gasteiger partial charge in [0.05, 0.1) is 13.0 Å². The molecule has 0 saturated heterocycles. The predicted octanol–water partition coefficient (Wildman–Crippen LogP) is 8.15. The average Bonchev–Trinajstić information content (AvgIpc) is 2.96. The van der Waals surface area contributed by atoms with E-state index in [1.54, 1.807) is 31.3 Å². The zero-order valence-electron chi connectivity index (χ0n) is 25.0. The fraction of sp³-hybridized carbons (Fsp3) is 0.562. The first-order chi connectivity index (χ1) is 19.5. The van der Waals surface area contributed by atoms with Crippen molar-refractivity contribution in [2.24, 2.45) is 10.8 Å². The Morgan fingerprint density at radius 3 is 2.05 bits per heavy atom. The fourth-order valence-electron chi connectivity index (χ4n) is 3.88. The molecule has 0 heterocycles. The number of amidine groups is 1.